The zero-order valence-electron chi connectivity index (χ0n) is 11.6. The molecule has 0 saturated carbocycles. The minimum Gasteiger partial charge on any atom is -0.375 e. The summed E-state index contributed by atoms with van der Waals surface area (Å²) < 4.78 is 4.82. The van der Waals surface area contributed by atoms with Gasteiger partial charge in [0.2, 0.25) is 11.8 Å². The van der Waals surface area contributed by atoms with Gasteiger partial charge >= 0.3 is 0 Å². The highest BCUT2D eigenvalue weighted by atomic mass is 16.5. The molecule has 0 aromatic carbocycles. The molecule has 0 bridgehead atoms. The van der Waals surface area contributed by atoms with Crippen molar-refractivity contribution in [2.45, 2.75) is 26.7 Å². The van der Waals surface area contributed by atoms with Crippen molar-refractivity contribution in [3.05, 3.63) is 0 Å². The molecule has 18 heavy (non-hydrogen) atoms. The Morgan fingerprint density at radius 3 is 2.00 bits per heavy atom. The van der Waals surface area contributed by atoms with Crippen LogP contribution < -0.4 is 0 Å². The number of hydrogen-bond acceptors (Lipinski definition) is 3. The quantitative estimate of drug-likeness (QED) is 0.729. The Hall–Kier alpha value is -1.10. The van der Waals surface area contributed by atoms with Crippen LogP contribution in [0.1, 0.15) is 26.7 Å². The van der Waals surface area contributed by atoms with Gasteiger partial charge in [-0.3, -0.25) is 9.59 Å². The number of methoxy groups -OCH3 is 1. The zero-order valence-corrected chi connectivity index (χ0v) is 11.6. The maximum Gasteiger partial charge on any atom is 0.248 e. The number of amides is 2. The first kappa shape index (κ1) is 15.0. The maximum absolute atomic E-state index is 11.9. The Labute approximate surface area is 109 Å². The number of nitrogens with zero attached hydrogens (tertiary/aromatic N) is 2. The number of hydrogen-bond donors (Lipinski definition) is 0. The lowest BCUT2D eigenvalue weighted by Crippen LogP contribution is -2.51. The molecule has 5 heteroatoms. The monoisotopic (exact) mass is 256 g/mol. The molecule has 0 aromatic heterocycles. The first-order chi connectivity index (χ1) is 8.54. The van der Waals surface area contributed by atoms with Gasteiger partial charge in [-0.1, -0.05) is 13.8 Å². The van der Waals surface area contributed by atoms with Crippen molar-refractivity contribution in [3.63, 3.8) is 0 Å². The van der Waals surface area contributed by atoms with Crippen LogP contribution in [0.3, 0.4) is 0 Å². The highest BCUT2D eigenvalue weighted by Gasteiger charge is 2.23. The van der Waals surface area contributed by atoms with E-state index in [9.17, 15) is 9.59 Å². The topological polar surface area (TPSA) is 49.9 Å². The van der Waals surface area contributed by atoms with Gasteiger partial charge in [-0.15, -0.1) is 0 Å². The maximum atomic E-state index is 11.9. The predicted molar refractivity (Wildman–Crippen MR) is 69.1 cm³/mol. The van der Waals surface area contributed by atoms with Crippen LogP contribution in [0.2, 0.25) is 0 Å². The molecule has 1 aliphatic rings. The minimum atomic E-state index is 0.00628. The van der Waals surface area contributed by atoms with Crippen LogP contribution in [-0.4, -0.2) is 61.5 Å². The van der Waals surface area contributed by atoms with Crippen LogP contribution in [0.15, 0.2) is 0 Å². The summed E-state index contributed by atoms with van der Waals surface area (Å²) >= 11 is 0. The predicted octanol–water partition coefficient (Wildman–Crippen LogP) is 0.740. The van der Waals surface area contributed by atoms with Gasteiger partial charge in [-0.2, -0.15) is 0 Å². The van der Waals surface area contributed by atoms with E-state index >= 15 is 0 Å². The van der Waals surface area contributed by atoms with Crippen LogP contribution in [0, 0.1) is 5.92 Å². The molecule has 0 atom stereocenters. The zero-order chi connectivity index (χ0) is 13.5. The molecule has 0 aromatic rings. The van der Waals surface area contributed by atoms with Gasteiger partial charge in [0.1, 0.15) is 6.61 Å². The lowest BCUT2D eigenvalue weighted by Gasteiger charge is -2.34. The summed E-state index contributed by atoms with van der Waals surface area (Å²) in [6.45, 7) is 6.90. The van der Waals surface area contributed by atoms with Gasteiger partial charge in [0.05, 0.1) is 0 Å². The molecule has 104 valence electrons. The SMILES string of the molecule is COCC(=O)N1CCN(C(=O)CCC(C)C)CC1. The summed E-state index contributed by atoms with van der Waals surface area (Å²) in [5.74, 6) is 0.771. The summed E-state index contributed by atoms with van der Waals surface area (Å²) in [6, 6.07) is 0. The standard InChI is InChI=1S/C13H24N2O3/c1-11(2)4-5-12(16)14-6-8-15(9-7-14)13(17)10-18-3/h11H,4-10H2,1-3H3. The summed E-state index contributed by atoms with van der Waals surface area (Å²) in [6.07, 6.45) is 1.55. The highest BCUT2D eigenvalue weighted by molar-refractivity contribution is 5.79. The first-order valence-electron chi connectivity index (χ1n) is 6.59. The van der Waals surface area contributed by atoms with Crippen LogP contribution in [0.25, 0.3) is 0 Å². The molecule has 1 heterocycles. The molecule has 0 aliphatic carbocycles. The van der Waals surface area contributed by atoms with Crippen molar-refractivity contribution < 1.29 is 14.3 Å². The molecule has 0 radical (unpaired) electrons. The van der Waals surface area contributed by atoms with E-state index < -0.39 is 0 Å². The highest BCUT2D eigenvalue weighted by Crippen LogP contribution is 2.09. The minimum absolute atomic E-state index is 0.00628. The summed E-state index contributed by atoms with van der Waals surface area (Å²) in [7, 11) is 1.52. The fourth-order valence-electron chi connectivity index (χ4n) is 1.99. The lowest BCUT2D eigenvalue weighted by molar-refractivity contribution is -0.141. The van der Waals surface area contributed by atoms with Crippen molar-refractivity contribution in [3.8, 4) is 0 Å². The number of carbonyl (C=O) groups excluding carboxylic acids is 2. The Morgan fingerprint density at radius 1 is 1.06 bits per heavy atom. The number of rotatable bonds is 5. The molecule has 1 saturated heterocycles. The Morgan fingerprint density at radius 2 is 1.56 bits per heavy atom. The smallest absolute Gasteiger partial charge is 0.248 e. The van der Waals surface area contributed by atoms with Crippen LogP contribution in [-0.2, 0) is 14.3 Å². The van der Waals surface area contributed by atoms with Crippen LogP contribution >= 0.6 is 0 Å². The van der Waals surface area contributed by atoms with Crippen LogP contribution in [0.4, 0.5) is 0 Å². The normalized spacial score (nSPS) is 16.2. The van der Waals surface area contributed by atoms with E-state index in [1.54, 1.807) is 4.90 Å². The molecule has 0 unspecified atom stereocenters. The molecule has 5 nitrogen and oxygen atoms in total. The average molecular weight is 256 g/mol. The third-order valence-corrected chi connectivity index (χ3v) is 3.19. The Bertz CT molecular complexity index is 284. The van der Waals surface area contributed by atoms with Gasteiger partial charge in [0.15, 0.2) is 0 Å². The third-order valence-electron chi connectivity index (χ3n) is 3.19. The number of piperazine rings is 1. The van der Waals surface area contributed by atoms with Crippen molar-refractivity contribution in [2.24, 2.45) is 5.92 Å². The molecule has 0 spiro atoms. The van der Waals surface area contributed by atoms with E-state index in [-0.39, 0.29) is 18.4 Å². The second-order valence-corrected chi connectivity index (χ2v) is 5.13. The molecule has 0 N–H and O–H groups in total. The van der Waals surface area contributed by atoms with E-state index in [1.807, 2.05) is 4.90 Å². The van der Waals surface area contributed by atoms with Crippen molar-refractivity contribution in [1.29, 1.82) is 0 Å². The lowest BCUT2D eigenvalue weighted by atomic mass is 10.1. The van der Waals surface area contributed by atoms with Crippen LogP contribution in [0.5, 0.6) is 0 Å². The van der Waals surface area contributed by atoms with E-state index in [0.29, 0.717) is 38.5 Å². The summed E-state index contributed by atoms with van der Waals surface area (Å²) in [4.78, 5) is 27.1. The average Bonchev–Trinajstić information content (AvgIpc) is 2.36. The van der Waals surface area contributed by atoms with Gasteiger partial charge in [-0.25, -0.2) is 0 Å². The van der Waals surface area contributed by atoms with E-state index in [0.717, 1.165) is 6.42 Å². The first-order valence-corrected chi connectivity index (χ1v) is 6.59. The molecule has 2 amide bonds. The van der Waals surface area contributed by atoms with Gasteiger partial charge in [-0.05, 0) is 12.3 Å². The Balaban J connectivity index is 2.30. The molecule has 1 aliphatic heterocycles. The Kier molecular flexibility index (Phi) is 6.12. The van der Waals surface area contributed by atoms with E-state index in [1.165, 1.54) is 7.11 Å². The summed E-state index contributed by atoms with van der Waals surface area (Å²) in [5.41, 5.74) is 0. The van der Waals surface area contributed by atoms with E-state index in [2.05, 4.69) is 13.8 Å². The largest absolute Gasteiger partial charge is 0.375 e. The molecule has 1 fully saturated rings. The number of ether oxygens (including phenoxy) is 1. The second kappa shape index (κ2) is 7.36. The fourth-order valence-corrected chi connectivity index (χ4v) is 1.99. The third kappa shape index (κ3) is 4.64. The van der Waals surface area contributed by atoms with E-state index in [4.69, 9.17) is 4.74 Å². The summed E-state index contributed by atoms with van der Waals surface area (Å²) in [5, 5.41) is 0. The molecule has 1 rings (SSSR count). The molecular weight excluding hydrogens is 232 g/mol. The molecular formula is C13H24N2O3. The van der Waals surface area contributed by atoms with Gasteiger partial charge in [0.25, 0.3) is 0 Å². The van der Waals surface area contributed by atoms with Crippen molar-refractivity contribution in [1.82, 2.24) is 9.80 Å². The van der Waals surface area contributed by atoms with Crippen molar-refractivity contribution in [2.75, 3.05) is 39.9 Å². The second-order valence-electron chi connectivity index (χ2n) is 5.13. The van der Waals surface area contributed by atoms with Crippen molar-refractivity contribution >= 4 is 11.8 Å². The fraction of sp³-hybridized carbons (Fsp3) is 0.846. The van der Waals surface area contributed by atoms with Gasteiger partial charge in [0, 0.05) is 39.7 Å². The number of carbonyl (C=O) groups is 2. The van der Waals surface area contributed by atoms with Gasteiger partial charge < -0.3 is 14.5 Å².